The number of hydrogen-bond acceptors (Lipinski definition) is 2. The summed E-state index contributed by atoms with van der Waals surface area (Å²) in [7, 11) is 0. The van der Waals surface area contributed by atoms with Crippen LogP contribution in [0.25, 0.3) is 0 Å². The number of halogens is 2. The maximum absolute atomic E-state index is 13.4. The summed E-state index contributed by atoms with van der Waals surface area (Å²) in [5, 5.41) is 0. The Kier molecular flexibility index (Phi) is 4.78. The number of hydrogen-bond donors (Lipinski definition) is 1. The quantitative estimate of drug-likeness (QED) is 0.895. The van der Waals surface area contributed by atoms with Crippen LogP contribution in [0, 0.1) is 5.82 Å². The minimum atomic E-state index is -0.366. The molecule has 0 fully saturated rings. The highest BCUT2D eigenvalue weighted by Gasteiger charge is 2.04. The molecule has 0 radical (unpaired) electrons. The van der Waals surface area contributed by atoms with Crippen LogP contribution in [0.3, 0.4) is 0 Å². The smallest absolute Gasteiger partial charge is 0.165 e. The van der Waals surface area contributed by atoms with E-state index >= 15 is 0 Å². The number of nitrogens with two attached hydrogens (primary N) is 1. The van der Waals surface area contributed by atoms with E-state index in [2.05, 4.69) is 22.5 Å². The molecule has 0 aliphatic heterocycles. The highest BCUT2D eigenvalue weighted by Crippen LogP contribution is 2.19. The van der Waals surface area contributed by atoms with E-state index in [1.54, 1.807) is 6.07 Å². The molecule has 0 atom stereocenters. The average molecular weight is 274 g/mol. The SMILES string of the molecule is C=C(Br)COc1ccc(CCN)cc1F. The lowest BCUT2D eigenvalue weighted by Crippen LogP contribution is -2.04. The Morgan fingerprint density at radius 2 is 2.27 bits per heavy atom. The van der Waals surface area contributed by atoms with E-state index < -0.39 is 0 Å². The molecule has 82 valence electrons. The highest BCUT2D eigenvalue weighted by atomic mass is 79.9. The third kappa shape index (κ3) is 4.01. The van der Waals surface area contributed by atoms with Gasteiger partial charge in [-0.1, -0.05) is 28.6 Å². The molecule has 0 bridgehead atoms. The number of ether oxygens (including phenoxy) is 1. The molecular weight excluding hydrogens is 261 g/mol. The summed E-state index contributed by atoms with van der Waals surface area (Å²) in [5.41, 5.74) is 6.25. The van der Waals surface area contributed by atoms with Crippen molar-refractivity contribution >= 4 is 15.9 Å². The number of rotatable bonds is 5. The second kappa shape index (κ2) is 5.88. The standard InChI is InChI=1S/C11H13BrFNO/c1-8(12)7-15-11-3-2-9(4-5-14)6-10(11)13/h2-3,6H,1,4-5,7,14H2. The summed E-state index contributed by atoms with van der Waals surface area (Å²) in [5.74, 6) is -0.133. The molecule has 0 unspecified atom stereocenters. The van der Waals surface area contributed by atoms with Gasteiger partial charge in [-0.15, -0.1) is 0 Å². The Hall–Kier alpha value is -0.870. The van der Waals surface area contributed by atoms with Gasteiger partial charge in [0.1, 0.15) is 6.61 Å². The molecule has 4 heteroatoms. The predicted octanol–water partition coefficient (Wildman–Crippen LogP) is 2.61. The van der Waals surface area contributed by atoms with Crippen molar-refractivity contribution in [3.05, 3.63) is 40.6 Å². The van der Waals surface area contributed by atoms with Gasteiger partial charge >= 0.3 is 0 Å². The number of benzene rings is 1. The monoisotopic (exact) mass is 273 g/mol. The zero-order chi connectivity index (χ0) is 11.3. The van der Waals surface area contributed by atoms with Gasteiger partial charge in [0.2, 0.25) is 0 Å². The average Bonchev–Trinajstić information content (AvgIpc) is 2.17. The van der Waals surface area contributed by atoms with Crippen molar-refractivity contribution in [3.8, 4) is 5.75 Å². The molecule has 1 aromatic carbocycles. The minimum Gasteiger partial charge on any atom is -0.485 e. The van der Waals surface area contributed by atoms with Crippen molar-refractivity contribution in [1.29, 1.82) is 0 Å². The van der Waals surface area contributed by atoms with Crippen molar-refractivity contribution < 1.29 is 9.13 Å². The Morgan fingerprint density at radius 3 is 2.80 bits per heavy atom. The van der Waals surface area contributed by atoms with E-state index in [-0.39, 0.29) is 18.2 Å². The van der Waals surface area contributed by atoms with E-state index in [9.17, 15) is 4.39 Å². The van der Waals surface area contributed by atoms with Gasteiger partial charge in [-0.05, 0) is 30.7 Å². The first-order valence-corrected chi connectivity index (χ1v) is 5.37. The normalized spacial score (nSPS) is 10.1. The van der Waals surface area contributed by atoms with Gasteiger partial charge in [-0.25, -0.2) is 4.39 Å². The summed E-state index contributed by atoms with van der Waals surface area (Å²) in [6.45, 7) is 4.37. The zero-order valence-electron chi connectivity index (χ0n) is 8.30. The maximum Gasteiger partial charge on any atom is 0.165 e. The largest absolute Gasteiger partial charge is 0.485 e. The lowest BCUT2D eigenvalue weighted by atomic mass is 10.1. The Bertz CT molecular complexity index is 354. The zero-order valence-corrected chi connectivity index (χ0v) is 9.89. The fraction of sp³-hybridized carbons (Fsp3) is 0.273. The van der Waals surface area contributed by atoms with Crippen molar-refractivity contribution in [2.75, 3.05) is 13.2 Å². The second-order valence-corrected chi connectivity index (χ2v) is 4.23. The lowest BCUT2D eigenvalue weighted by Gasteiger charge is -2.07. The van der Waals surface area contributed by atoms with Crippen LogP contribution in [0.1, 0.15) is 5.56 Å². The van der Waals surface area contributed by atoms with Crippen LogP contribution in [0.2, 0.25) is 0 Å². The van der Waals surface area contributed by atoms with Gasteiger partial charge in [0.15, 0.2) is 11.6 Å². The summed E-state index contributed by atoms with van der Waals surface area (Å²) in [4.78, 5) is 0. The molecule has 0 heterocycles. The fourth-order valence-electron chi connectivity index (χ4n) is 1.14. The summed E-state index contributed by atoms with van der Waals surface area (Å²) in [6.07, 6.45) is 0.669. The maximum atomic E-state index is 13.4. The topological polar surface area (TPSA) is 35.2 Å². The predicted molar refractivity (Wildman–Crippen MR) is 62.7 cm³/mol. The van der Waals surface area contributed by atoms with E-state index in [1.165, 1.54) is 6.07 Å². The van der Waals surface area contributed by atoms with E-state index in [4.69, 9.17) is 10.5 Å². The molecule has 0 aromatic heterocycles. The van der Waals surface area contributed by atoms with E-state index in [0.29, 0.717) is 17.4 Å². The molecule has 1 aromatic rings. The van der Waals surface area contributed by atoms with Crippen molar-refractivity contribution in [2.45, 2.75) is 6.42 Å². The first-order chi connectivity index (χ1) is 7.13. The third-order valence-electron chi connectivity index (χ3n) is 1.81. The van der Waals surface area contributed by atoms with Gasteiger partial charge in [-0.3, -0.25) is 0 Å². The molecule has 0 amide bonds. The molecule has 15 heavy (non-hydrogen) atoms. The highest BCUT2D eigenvalue weighted by molar-refractivity contribution is 9.11. The molecule has 0 saturated carbocycles. The van der Waals surface area contributed by atoms with Crippen LogP contribution < -0.4 is 10.5 Å². The summed E-state index contributed by atoms with van der Waals surface area (Å²) in [6, 6.07) is 4.86. The summed E-state index contributed by atoms with van der Waals surface area (Å²) >= 11 is 3.14. The van der Waals surface area contributed by atoms with Crippen LogP contribution in [0.5, 0.6) is 5.75 Å². The van der Waals surface area contributed by atoms with Crippen LogP contribution >= 0.6 is 15.9 Å². The second-order valence-electron chi connectivity index (χ2n) is 3.11. The molecule has 0 saturated heterocycles. The van der Waals surface area contributed by atoms with Crippen molar-refractivity contribution in [2.24, 2.45) is 5.73 Å². The molecule has 0 aliphatic carbocycles. The van der Waals surface area contributed by atoms with Gasteiger partial charge < -0.3 is 10.5 Å². The van der Waals surface area contributed by atoms with Crippen molar-refractivity contribution in [1.82, 2.24) is 0 Å². The van der Waals surface area contributed by atoms with Crippen LogP contribution in [0.4, 0.5) is 4.39 Å². The molecular formula is C11H13BrFNO. The fourth-order valence-corrected chi connectivity index (χ4v) is 1.25. The van der Waals surface area contributed by atoms with Crippen LogP contribution in [-0.4, -0.2) is 13.2 Å². The first kappa shape index (κ1) is 12.2. The molecule has 0 aliphatic rings. The van der Waals surface area contributed by atoms with Crippen LogP contribution in [-0.2, 0) is 6.42 Å². The Balaban J connectivity index is 2.70. The van der Waals surface area contributed by atoms with Gasteiger partial charge in [-0.2, -0.15) is 0 Å². The summed E-state index contributed by atoms with van der Waals surface area (Å²) < 4.78 is 19.3. The van der Waals surface area contributed by atoms with Gasteiger partial charge in [0.25, 0.3) is 0 Å². The Labute approximate surface area is 97.1 Å². The van der Waals surface area contributed by atoms with Crippen LogP contribution in [0.15, 0.2) is 29.3 Å². The van der Waals surface area contributed by atoms with Gasteiger partial charge in [0, 0.05) is 4.48 Å². The van der Waals surface area contributed by atoms with E-state index in [1.807, 2.05) is 6.07 Å². The van der Waals surface area contributed by atoms with Gasteiger partial charge in [0.05, 0.1) is 0 Å². The van der Waals surface area contributed by atoms with E-state index in [0.717, 1.165) is 5.56 Å². The lowest BCUT2D eigenvalue weighted by molar-refractivity contribution is 0.339. The molecule has 1 rings (SSSR count). The minimum absolute atomic E-state index is 0.233. The Morgan fingerprint density at radius 1 is 1.53 bits per heavy atom. The molecule has 0 spiro atoms. The first-order valence-electron chi connectivity index (χ1n) is 4.58. The molecule has 2 N–H and O–H groups in total. The third-order valence-corrected chi connectivity index (χ3v) is 2.04. The van der Waals surface area contributed by atoms with Crippen molar-refractivity contribution in [3.63, 3.8) is 0 Å². The molecule has 2 nitrogen and oxygen atoms in total.